The number of carbonyl (C=O) groups excluding carboxylic acids is 1. The molecule has 0 bridgehead atoms. The zero-order valence-electron chi connectivity index (χ0n) is 12.1. The molecule has 0 saturated carbocycles. The SMILES string of the molecule is C=CC(=O)OCCCc1ccc(Cc2ccccc2)cc1. The molecule has 0 aliphatic carbocycles. The first-order valence-corrected chi connectivity index (χ1v) is 7.19. The number of aryl methyl sites for hydroxylation is 1. The quantitative estimate of drug-likeness (QED) is 0.436. The van der Waals surface area contributed by atoms with E-state index in [0.717, 1.165) is 19.3 Å². The highest BCUT2D eigenvalue weighted by Gasteiger charge is 1.99. The summed E-state index contributed by atoms with van der Waals surface area (Å²) in [5, 5.41) is 0. The third-order valence-electron chi connectivity index (χ3n) is 3.29. The van der Waals surface area contributed by atoms with Crippen molar-refractivity contribution in [2.75, 3.05) is 6.61 Å². The summed E-state index contributed by atoms with van der Waals surface area (Å²) < 4.78 is 4.96. The summed E-state index contributed by atoms with van der Waals surface area (Å²) in [4.78, 5) is 10.9. The number of rotatable bonds is 7. The van der Waals surface area contributed by atoms with E-state index in [2.05, 4.69) is 55.1 Å². The van der Waals surface area contributed by atoms with Gasteiger partial charge in [-0.3, -0.25) is 0 Å². The van der Waals surface area contributed by atoms with E-state index in [9.17, 15) is 4.79 Å². The molecule has 0 atom stereocenters. The standard InChI is InChI=1S/C19H20O2/c1-2-19(20)21-14-6-9-16-10-12-18(13-11-16)15-17-7-4-3-5-8-17/h2-5,7-8,10-13H,1,6,9,14-15H2. The first-order chi connectivity index (χ1) is 10.3. The van der Waals surface area contributed by atoms with E-state index in [1.54, 1.807) is 0 Å². The summed E-state index contributed by atoms with van der Waals surface area (Å²) in [6.07, 6.45) is 3.89. The van der Waals surface area contributed by atoms with Gasteiger partial charge in [-0.2, -0.15) is 0 Å². The highest BCUT2D eigenvalue weighted by atomic mass is 16.5. The lowest BCUT2D eigenvalue weighted by atomic mass is 10.0. The highest BCUT2D eigenvalue weighted by Crippen LogP contribution is 2.11. The summed E-state index contributed by atoms with van der Waals surface area (Å²) >= 11 is 0. The molecule has 0 N–H and O–H groups in total. The molecule has 0 fully saturated rings. The maximum Gasteiger partial charge on any atom is 0.330 e. The van der Waals surface area contributed by atoms with Crippen molar-refractivity contribution in [2.24, 2.45) is 0 Å². The van der Waals surface area contributed by atoms with Crippen LogP contribution >= 0.6 is 0 Å². The molecule has 0 radical (unpaired) electrons. The van der Waals surface area contributed by atoms with Crippen LogP contribution in [-0.2, 0) is 22.4 Å². The van der Waals surface area contributed by atoms with Crippen LogP contribution in [0.1, 0.15) is 23.1 Å². The summed E-state index contributed by atoms with van der Waals surface area (Å²) in [5.41, 5.74) is 3.89. The molecular weight excluding hydrogens is 260 g/mol. The van der Waals surface area contributed by atoms with E-state index in [4.69, 9.17) is 4.74 Å². The molecule has 0 aromatic heterocycles. The van der Waals surface area contributed by atoms with E-state index in [0.29, 0.717) is 6.61 Å². The van der Waals surface area contributed by atoms with E-state index < -0.39 is 0 Å². The van der Waals surface area contributed by atoms with Crippen molar-refractivity contribution in [3.63, 3.8) is 0 Å². The van der Waals surface area contributed by atoms with Crippen molar-refractivity contribution in [1.29, 1.82) is 0 Å². The minimum Gasteiger partial charge on any atom is -0.463 e. The smallest absolute Gasteiger partial charge is 0.330 e. The molecule has 2 aromatic carbocycles. The van der Waals surface area contributed by atoms with Gasteiger partial charge in [-0.15, -0.1) is 0 Å². The van der Waals surface area contributed by atoms with Crippen LogP contribution in [0.5, 0.6) is 0 Å². The minimum atomic E-state index is -0.354. The largest absolute Gasteiger partial charge is 0.463 e. The molecule has 21 heavy (non-hydrogen) atoms. The van der Waals surface area contributed by atoms with Gasteiger partial charge >= 0.3 is 5.97 Å². The van der Waals surface area contributed by atoms with Gasteiger partial charge in [0.05, 0.1) is 6.61 Å². The number of ether oxygens (including phenoxy) is 1. The molecule has 2 heteroatoms. The van der Waals surface area contributed by atoms with Crippen molar-refractivity contribution in [2.45, 2.75) is 19.3 Å². The lowest BCUT2D eigenvalue weighted by Crippen LogP contribution is -2.02. The maximum absolute atomic E-state index is 10.9. The van der Waals surface area contributed by atoms with Crippen LogP contribution in [-0.4, -0.2) is 12.6 Å². The van der Waals surface area contributed by atoms with Crippen molar-refractivity contribution in [3.8, 4) is 0 Å². The van der Waals surface area contributed by atoms with Gasteiger partial charge in [-0.1, -0.05) is 61.2 Å². The van der Waals surface area contributed by atoms with Gasteiger partial charge in [0.1, 0.15) is 0 Å². The summed E-state index contributed by atoms with van der Waals surface area (Å²) in [5.74, 6) is -0.354. The molecule has 0 aliphatic rings. The fraction of sp³-hybridized carbons (Fsp3) is 0.211. The second-order valence-electron chi connectivity index (χ2n) is 4.95. The van der Waals surface area contributed by atoms with Crippen molar-refractivity contribution in [3.05, 3.63) is 83.9 Å². The Bertz CT molecular complexity index is 570. The van der Waals surface area contributed by atoms with Gasteiger partial charge in [-0.25, -0.2) is 4.79 Å². The molecule has 2 rings (SSSR count). The maximum atomic E-state index is 10.9. The van der Waals surface area contributed by atoms with Crippen molar-refractivity contribution >= 4 is 5.97 Å². The molecule has 0 aliphatic heterocycles. The molecule has 2 aromatic rings. The Kier molecular flexibility index (Phi) is 5.77. The predicted octanol–water partition coefficient (Wildman–Crippen LogP) is 3.94. The average Bonchev–Trinajstić information content (AvgIpc) is 2.54. The molecule has 0 amide bonds. The van der Waals surface area contributed by atoms with Crippen LogP contribution in [0.25, 0.3) is 0 Å². The van der Waals surface area contributed by atoms with Gasteiger partial charge in [0.15, 0.2) is 0 Å². The molecule has 0 heterocycles. The van der Waals surface area contributed by atoms with Crippen LogP contribution in [0, 0.1) is 0 Å². The lowest BCUT2D eigenvalue weighted by molar-refractivity contribution is -0.137. The monoisotopic (exact) mass is 280 g/mol. The van der Waals surface area contributed by atoms with Gasteiger partial charge in [0, 0.05) is 6.08 Å². The van der Waals surface area contributed by atoms with Crippen molar-refractivity contribution < 1.29 is 9.53 Å². The van der Waals surface area contributed by atoms with E-state index in [-0.39, 0.29) is 5.97 Å². The zero-order chi connectivity index (χ0) is 14.9. The summed E-state index contributed by atoms with van der Waals surface area (Å²) in [6, 6.07) is 19.1. The normalized spacial score (nSPS) is 10.1. The Labute approximate surface area is 126 Å². The molecule has 0 unspecified atom stereocenters. The van der Waals surface area contributed by atoms with Crippen LogP contribution in [0.15, 0.2) is 67.3 Å². The van der Waals surface area contributed by atoms with Crippen LogP contribution in [0.3, 0.4) is 0 Å². The Balaban J connectivity index is 1.79. The second-order valence-corrected chi connectivity index (χ2v) is 4.95. The third kappa shape index (κ3) is 5.27. The van der Waals surface area contributed by atoms with Crippen molar-refractivity contribution in [1.82, 2.24) is 0 Å². The van der Waals surface area contributed by atoms with E-state index >= 15 is 0 Å². The zero-order valence-corrected chi connectivity index (χ0v) is 12.1. The second kappa shape index (κ2) is 8.05. The van der Waals surface area contributed by atoms with Crippen LogP contribution < -0.4 is 0 Å². The molecule has 108 valence electrons. The number of carbonyl (C=O) groups is 1. The van der Waals surface area contributed by atoms with Crippen LogP contribution in [0.4, 0.5) is 0 Å². The fourth-order valence-corrected chi connectivity index (χ4v) is 2.16. The Morgan fingerprint density at radius 3 is 2.24 bits per heavy atom. The van der Waals surface area contributed by atoms with Gasteiger partial charge < -0.3 is 4.74 Å². The summed E-state index contributed by atoms with van der Waals surface area (Å²) in [6.45, 7) is 3.81. The Hall–Kier alpha value is -2.35. The first-order valence-electron chi connectivity index (χ1n) is 7.19. The number of hydrogen-bond donors (Lipinski definition) is 0. The number of hydrogen-bond acceptors (Lipinski definition) is 2. The Morgan fingerprint density at radius 2 is 1.57 bits per heavy atom. The van der Waals surface area contributed by atoms with Gasteiger partial charge in [0.2, 0.25) is 0 Å². The highest BCUT2D eigenvalue weighted by molar-refractivity contribution is 5.81. The summed E-state index contributed by atoms with van der Waals surface area (Å²) in [7, 11) is 0. The first kappa shape index (κ1) is 15.0. The number of esters is 1. The fourth-order valence-electron chi connectivity index (χ4n) is 2.16. The average molecular weight is 280 g/mol. The van der Waals surface area contributed by atoms with E-state index in [1.807, 2.05) is 6.07 Å². The topological polar surface area (TPSA) is 26.3 Å². The van der Waals surface area contributed by atoms with Gasteiger partial charge in [0.25, 0.3) is 0 Å². The molecular formula is C19H20O2. The molecule has 0 saturated heterocycles. The van der Waals surface area contributed by atoms with Gasteiger partial charge in [-0.05, 0) is 36.0 Å². The predicted molar refractivity (Wildman–Crippen MR) is 85.2 cm³/mol. The Morgan fingerprint density at radius 1 is 0.952 bits per heavy atom. The molecule has 2 nitrogen and oxygen atoms in total. The third-order valence-corrected chi connectivity index (χ3v) is 3.29. The lowest BCUT2D eigenvalue weighted by Gasteiger charge is -2.05. The van der Waals surface area contributed by atoms with Crippen LogP contribution in [0.2, 0.25) is 0 Å². The molecule has 0 spiro atoms. The van der Waals surface area contributed by atoms with E-state index in [1.165, 1.54) is 22.8 Å². The number of benzene rings is 2. The minimum absolute atomic E-state index is 0.354.